The minimum absolute atomic E-state index is 0.117. The van der Waals surface area contributed by atoms with Gasteiger partial charge >= 0.3 is 5.97 Å². The molecule has 1 saturated carbocycles. The van der Waals surface area contributed by atoms with E-state index in [2.05, 4.69) is 15.6 Å². The Morgan fingerprint density at radius 3 is 2.65 bits per heavy atom. The van der Waals surface area contributed by atoms with Crippen molar-refractivity contribution in [1.29, 1.82) is 0 Å². The predicted octanol–water partition coefficient (Wildman–Crippen LogP) is 0.877. The lowest BCUT2D eigenvalue weighted by Gasteiger charge is -2.32. The molecule has 0 saturated heterocycles. The number of fused-ring (bicyclic) bond motifs is 1. The van der Waals surface area contributed by atoms with Gasteiger partial charge in [-0.05, 0) is 25.0 Å². The molecule has 0 aliphatic heterocycles. The van der Waals surface area contributed by atoms with Crippen LogP contribution >= 0.6 is 0 Å². The maximum absolute atomic E-state index is 12.0. The summed E-state index contributed by atoms with van der Waals surface area (Å²) in [5, 5.41) is 15.0. The van der Waals surface area contributed by atoms with Crippen LogP contribution in [0.5, 0.6) is 0 Å². The number of nitrogens with one attached hydrogen (secondary N) is 3. The second-order valence-corrected chi connectivity index (χ2v) is 5.72. The molecule has 3 rings (SSSR count). The Bertz CT molecular complexity index is 729. The largest absolute Gasteiger partial charge is 0.481 e. The molecule has 1 fully saturated rings. The molecule has 0 atom stereocenters. The van der Waals surface area contributed by atoms with Crippen LogP contribution in [0.1, 0.15) is 23.3 Å². The second-order valence-electron chi connectivity index (χ2n) is 5.72. The highest BCUT2D eigenvalue weighted by Gasteiger charge is 2.35. The van der Waals surface area contributed by atoms with E-state index in [4.69, 9.17) is 5.11 Å². The molecular weight excluding hydrogens is 298 g/mol. The number of para-hydroxylation sites is 1. The number of aromatic amines is 1. The Morgan fingerprint density at radius 1 is 1.22 bits per heavy atom. The standard InChI is InChI=1S/C16H17N3O4/c20-14(18-11-5-10(6-11)16(22)23)8-17-15(21)13-7-9-3-1-2-4-12(9)19-13/h1-4,7,10-11,19H,5-6,8H2,(H,17,21)(H,18,20)(H,22,23). The Morgan fingerprint density at radius 2 is 1.96 bits per heavy atom. The fourth-order valence-corrected chi connectivity index (χ4v) is 2.67. The molecule has 0 unspecified atom stereocenters. The SMILES string of the molecule is O=C(CNC(=O)c1cc2ccccc2[nH]1)NC1CC(C(=O)O)C1. The lowest BCUT2D eigenvalue weighted by molar-refractivity contribution is -0.146. The first-order valence-corrected chi connectivity index (χ1v) is 7.41. The van der Waals surface area contributed by atoms with E-state index < -0.39 is 5.97 Å². The number of rotatable bonds is 5. The summed E-state index contributed by atoms with van der Waals surface area (Å²) < 4.78 is 0. The Kier molecular flexibility index (Phi) is 4.01. The summed E-state index contributed by atoms with van der Waals surface area (Å²) in [6, 6.07) is 9.13. The van der Waals surface area contributed by atoms with E-state index in [1.807, 2.05) is 24.3 Å². The second kappa shape index (κ2) is 6.12. The first-order valence-electron chi connectivity index (χ1n) is 7.41. The van der Waals surface area contributed by atoms with E-state index >= 15 is 0 Å². The van der Waals surface area contributed by atoms with Gasteiger partial charge in [-0.25, -0.2) is 0 Å². The predicted molar refractivity (Wildman–Crippen MR) is 82.9 cm³/mol. The number of carbonyl (C=O) groups is 3. The molecule has 4 N–H and O–H groups in total. The van der Waals surface area contributed by atoms with Crippen molar-refractivity contribution >= 4 is 28.7 Å². The number of hydrogen-bond donors (Lipinski definition) is 4. The molecule has 2 aromatic rings. The van der Waals surface area contributed by atoms with E-state index in [9.17, 15) is 14.4 Å². The fraction of sp³-hybridized carbons (Fsp3) is 0.312. The molecule has 1 aromatic heterocycles. The number of hydrogen-bond acceptors (Lipinski definition) is 3. The van der Waals surface area contributed by atoms with Gasteiger partial charge in [-0.15, -0.1) is 0 Å². The van der Waals surface area contributed by atoms with E-state index in [0.29, 0.717) is 18.5 Å². The summed E-state index contributed by atoms with van der Waals surface area (Å²) in [4.78, 5) is 37.5. The molecule has 7 nitrogen and oxygen atoms in total. The van der Waals surface area contributed by atoms with Gasteiger partial charge in [0.15, 0.2) is 0 Å². The van der Waals surface area contributed by atoms with Crippen LogP contribution in [-0.4, -0.2) is 40.5 Å². The summed E-state index contributed by atoms with van der Waals surface area (Å²) in [6.45, 7) is -0.136. The number of carboxylic acid groups (broad SMARTS) is 1. The summed E-state index contributed by atoms with van der Waals surface area (Å²) in [6.07, 6.45) is 0.883. The smallest absolute Gasteiger partial charge is 0.306 e. The summed E-state index contributed by atoms with van der Waals surface area (Å²) in [5.41, 5.74) is 1.25. The van der Waals surface area contributed by atoms with Gasteiger partial charge in [-0.1, -0.05) is 18.2 Å². The van der Waals surface area contributed by atoms with Crippen molar-refractivity contribution in [2.75, 3.05) is 6.54 Å². The highest BCUT2D eigenvalue weighted by atomic mass is 16.4. The molecule has 1 heterocycles. The molecule has 1 aliphatic carbocycles. The maximum atomic E-state index is 12.0. The lowest BCUT2D eigenvalue weighted by atomic mass is 9.80. The number of carbonyl (C=O) groups excluding carboxylic acids is 2. The molecule has 2 amide bonds. The quantitative estimate of drug-likeness (QED) is 0.656. The molecule has 23 heavy (non-hydrogen) atoms. The van der Waals surface area contributed by atoms with Gasteiger partial charge in [0, 0.05) is 16.9 Å². The average Bonchev–Trinajstić information content (AvgIpc) is 2.91. The maximum Gasteiger partial charge on any atom is 0.306 e. The Labute approximate surface area is 132 Å². The van der Waals surface area contributed by atoms with Crippen molar-refractivity contribution in [3.63, 3.8) is 0 Å². The lowest BCUT2D eigenvalue weighted by Crippen LogP contribution is -2.49. The monoisotopic (exact) mass is 315 g/mol. The number of aliphatic carboxylic acids is 1. The van der Waals surface area contributed by atoms with Crippen LogP contribution in [0.3, 0.4) is 0 Å². The molecular formula is C16H17N3O4. The van der Waals surface area contributed by atoms with Crippen molar-refractivity contribution in [2.24, 2.45) is 5.92 Å². The van der Waals surface area contributed by atoms with Crippen LogP contribution in [0.15, 0.2) is 30.3 Å². The topological polar surface area (TPSA) is 111 Å². The van der Waals surface area contributed by atoms with Gasteiger partial charge in [-0.3, -0.25) is 14.4 Å². The van der Waals surface area contributed by atoms with Gasteiger partial charge < -0.3 is 20.7 Å². The minimum atomic E-state index is -0.831. The number of aromatic nitrogens is 1. The molecule has 1 aromatic carbocycles. The zero-order chi connectivity index (χ0) is 16.4. The summed E-state index contributed by atoms with van der Waals surface area (Å²) in [7, 11) is 0. The van der Waals surface area contributed by atoms with Crippen molar-refractivity contribution in [3.05, 3.63) is 36.0 Å². The zero-order valence-corrected chi connectivity index (χ0v) is 12.3. The van der Waals surface area contributed by atoms with E-state index in [1.165, 1.54) is 0 Å². The highest BCUT2D eigenvalue weighted by molar-refractivity contribution is 5.99. The van der Waals surface area contributed by atoms with Gasteiger partial charge in [0.05, 0.1) is 12.5 Å². The Balaban J connectivity index is 1.47. The van der Waals surface area contributed by atoms with Crippen molar-refractivity contribution in [1.82, 2.24) is 15.6 Å². The molecule has 0 radical (unpaired) electrons. The number of amides is 2. The third-order valence-corrected chi connectivity index (χ3v) is 4.04. The van der Waals surface area contributed by atoms with Gasteiger partial charge in [-0.2, -0.15) is 0 Å². The van der Waals surface area contributed by atoms with Gasteiger partial charge in [0.25, 0.3) is 5.91 Å². The summed E-state index contributed by atoms with van der Waals surface area (Å²) in [5.74, 6) is -1.87. The van der Waals surface area contributed by atoms with Crippen LogP contribution < -0.4 is 10.6 Å². The third-order valence-electron chi connectivity index (χ3n) is 4.04. The first kappa shape index (κ1) is 15.1. The highest BCUT2D eigenvalue weighted by Crippen LogP contribution is 2.27. The fourth-order valence-electron chi connectivity index (χ4n) is 2.67. The molecule has 0 bridgehead atoms. The van der Waals surface area contributed by atoms with E-state index in [0.717, 1.165) is 10.9 Å². The van der Waals surface area contributed by atoms with Crippen LogP contribution in [-0.2, 0) is 9.59 Å². The van der Waals surface area contributed by atoms with E-state index in [1.54, 1.807) is 6.07 Å². The van der Waals surface area contributed by atoms with Gasteiger partial charge in [0.2, 0.25) is 5.91 Å². The zero-order valence-electron chi connectivity index (χ0n) is 12.3. The van der Waals surface area contributed by atoms with Crippen LogP contribution in [0.2, 0.25) is 0 Å². The Hall–Kier alpha value is -2.83. The van der Waals surface area contributed by atoms with Crippen LogP contribution in [0.25, 0.3) is 10.9 Å². The van der Waals surface area contributed by atoms with Crippen LogP contribution in [0.4, 0.5) is 0 Å². The van der Waals surface area contributed by atoms with Crippen molar-refractivity contribution < 1.29 is 19.5 Å². The molecule has 0 spiro atoms. The number of carboxylic acids is 1. The normalized spacial score (nSPS) is 19.8. The number of benzene rings is 1. The third kappa shape index (κ3) is 3.33. The average molecular weight is 315 g/mol. The molecule has 1 aliphatic rings. The van der Waals surface area contributed by atoms with E-state index in [-0.39, 0.29) is 30.3 Å². The molecule has 7 heteroatoms. The first-order chi connectivity index (χ1) is 11.0. The number of H-pyrrole nitrogens is 1. The van der Waals surface area contributed by atoms with Crippen molar-refractivity contribution in [3.8, 4) is 0 Å². The molecule has 120 valence electrons. The van der Waals surface area contributed by atoms with Crippen molar-refractivity contribution in [2.45, 2.75) is 18.9 Å². The minimum Gasteiger partial charge on any atom is -0.481 e. The van der Waals surface area contributed by atoms with Crippen LogP contribution in [0, 0.1) is 5.92 Å². The van der Waals surface area contributed by atoms with Gasteiger partial charge in [0.1, 0.15) is 5.69 Å². The summed E-state index contributed by atoms with van der Waals surface area (Å²) >= 11 is 0.